The Morgan fingerprint density at radius 2 is 1.87 bits per heavy atom. The zero-order valence-electron chi connectivity index (χ0n) is 7.63. The molecule has 8 nitrogen and oxygen atoms in total. The minimum atomic E-state index is -0.798. The largest absolute Gasteiger partial charge is 0.303 e. The Kier molecular flexibility index (Phi) is 2.70. The molecule has 0 bridgehead atoms. The lowest BCUT2D eigenvalue weighted by atomic mass is 10.1. The summed E-state index contributed by atoms with van der Waals surface area (Å²) >= 11 is 0. The summed E-state index contributed by atoms with van der Waals surface area (Å²) in [5, 5.41) is 24.0. The van der Waals surface area contributed by atoms with Gasteiger partial charge in [-0.3, -0.25) is 20.2 Å². The van der Waals surface area contributed by atoms with E-state index in [9.17, 15) is 20.2 Å². The number of benzene rings is 1. The SMILES string of the molecule is Cc1cc([N+](=O)[O-])cc([N+](=O)[O-])c1N=N. The first kappa shape index (κ1) is 10.7. The Morgan fingerprint density at radius 1 is 1.27 bits per heavy atom. The first-order valence-electron chi connectivity index (χ1n) is 3.78. The van der Waals surface area contributed by atoms with Gasteiger partial charge in [0.1, 0.15) is 0 Å². The van der Waals surface area contributed by atoms with Crippen LogP contribution >= 0.6 is 0 Å². The van der Waals surface area contributed by atoms with E-state index < -0.39 is 15.5 Å². The van der Waals surface area contributed by atoms with E-state index in [1.165, 1.54) is 6.92 Å². The normalized spacial score (nSPS) is 9.67. The number of nitrogens with zero attached hydrogens (tertiary/aromatic N) is 3. The van der Waals surface area contributed by atoms with E-state index >= 15 is 0 Å². The smallest absolute Gasteiger partial charge is 0.258 e. The molecule has 1 N–H and O–H groups in total. The summed E-state index contributed by atoms with van der Waals surface area (Å²) in [6.45, 7) is 1.42. The monoisotopic (exact) mass is 210 g/mol. The molecule has 0 fully saturated rings. The van der Waals surface area contributed by atoms with Crippen molar-refractivity contribution in [3.63, 3.8) is 0 Å². The number of non-ortho nitro benzene ring substituents is 1. The molecule has 0 heterocycles. The average molecular weight is 210 g/mol. The minimum Gasteiger partial charge on any atom is -0.258 e. The first-order chi connectivity index (χ1) is 6.97. The summed E-state index contributed by atoms with van der Waals surface area (Å²) in [5.74, 6) is 0. The molecular weight excluding hydrogens is 204 g/mol. The van der Waals surface area contributed by atoms with Gasteiger partial charge in [0.05, 0.1) is 15.9 Å². The molecule has 0 aliphatic rings. The van der Waals surface area contributed by atoms with Gasteiger partial charge in [-0.25, -0.2) is 5.53 Å². The Labute approximate surface area is 83.3 Å². The Bertz CT molecular complexity index is 457. The molecule has 0 saturated heterocycles. The molecule has 0 atom stereocenters. The molecule has 78 valence electrons. The summed E-state index contributed by atoms with van der Waals surface area (Å²) in [5.41, 5.74) is 5.90. The molecular formula is C7H6N4O4. The van der Waals surface area contributed by atoms with Crippen molar-refractivity contribution in [1.82, 2.24) is 0 Å². The third-order valence-corrected chi connectivity index (χ3v) is 1.78. The van der Waals surface area contributed by atoms with Crippen molar-refractivity contribution >= 4 is 17.1 Å². The fraction of sp³-hybridized carbons (Fsp3) is 0.143. The van der Waals surface area contributed by atoms with Crippen molar-refractivity contribution in [2.24, 2.45) is 5.11 Å². The molecule has 0 saturated carbocycles. The lowest BCUT2D eigenvalue weighted by Crippen LogP contribution is -1.94. The molecule has 0 aliphatic carbocycles. The molecule has 1 rings (SSSR count). The minimum absolute atomic E-state index is 0.161. The second-order valence-electron chi connectivity index (χ2n) is 2.76. The highest BCUT2D eigenvalue weighted by molar-refractivity contribution is 5.66. The van der Waals surface area contributed by atoms with Crippen LogP contribution in [0.3, 0.4) is 0 Å². The second-order valence-corrected chi connectivity index (χ2v) is 2.76. The molecule has 15 heavy (non-hydrogen) atoms. The second kappa shape index (κ2) is 3.78. The van der Waals surface area contributed by atoms with Crippen molar-refractivity contribution in [3.8, 4) is 0 Å². The molecule has 0 spiro atoms. The Morgan fingerprint density at radius 3 is 2.27 bits per heavy atom. The van der Waals surface area contributed by atoms with Gasteiger partial charge in [-0.15, -0.1) is 0 Å². The van der Waals surface area contributed by atoms with Crippen LogP contribution in [0.1, 0.15) is 5.56 Å². The maximum Gasteiger partial charge on any atom is 0.303 e. The van der Waals surface area contributed by atoms with E-state index in [2.05, 4.69) is 5.11 Å². The van der Waals surface area contributed by atoms with Crippen LogP contribution in [-0.4, -0.2) is 9.85 Å². The van der Waals surface area contributed by atoms with Crippen LogP contribution in [0.25, 0.3) is 0 Å². The van der Waals surface area contributed by atoms with Crippen LogP contribution in [0.5, 0.6) is 0 Å². The highest BCUT2D eigenvalue weighted by atomic mass is 16.6. The number of nitro benzene ring substituents is 2. The van der Waals surface area contributed by atoms with Gasteiger partial charge in [0, 0.05) is 6.07 Å². The number of hydrogen-bond donors (Lipinski definition) is 1. The van der Waals surface area contributed by atoms with Crippen molar-refractivity contribution in [2.75, 3.05) is 0 Å². The molecule has 8 heteroatoms. The third kappa shape index (κ3) is 1.93. The number of rotatable bonds is 3. The van der Waals surface area contributed by atoms with E-state index in [-0.39, 0.29) is 16.9 Å². The standard InChI is InChI=1S/C7H6N4O4/c1-4-2-5(10(12)13)3-6(11(14)15)7(4)9-8/h2-3,8H,1H3. The van der Waals surface area contributed by atoms with Crippen LogP contribution < -0.4 is 0 Å². The van der Waals surface area contributed by atoms with E-state index in [1.54, 1.807) is 0 Å². The summed E-state index contributed by atoms with van der Waals surface area (Å²) in [7, 11) is 0. The zero-order chi connectivity index (χ0) is 11.6. The topological polar surface area (TPSA) is 122 Å². The fourth-order valence-electron chi connectivity index (χ4n) is 1.13. The summed E-state index contributed by atoms with van der Waals surface area (Å²) in [6, 6.07) is 1.93. The average Bonchev–Trinajstić information content (AvgIpc) is 2.16. The number of hydrogen-bond acceptors (Lipinski definition) is 6. The quantitative estimate of drug-likeness (QED) is 0.467. The van der Waals surface area contributed by atoms with Crippen LogP contribution in [0.15, 0.2) is 17.2 Å². The highest BCUT2D eigenvalue weighted by Crippen LogP contribution is 2.34. The van der Waals surface area contributed by atoms with Crippen molar-refractivity contribution < 1.29 is 9.85 Å². The van der Waals surface area contributed by atoms with Crippen molar-refractivity contribution in [2.45, 2.75) is 6.92 Å². The summed E-state index contributed by atoms with van der Waals surface area (Å²) in [6.07, 6.45) is 0. The maximum absolute atomic E-state index is 10.5. The zero-order valence-corrected chi connectivity index (χ0v) is 7.63. The number of nitro groups is 2. The van der Waals surface area contributed by atoms with Gasteiger partial charge in [0.2, 0.25) is 0 Å². The highest BCUT2D eigenvalue weighted by Gasteiger charge is 2.21. The molecule has 0 radical (unpaired) electrons. The molecule has 0 aliphatic heterocycles. The van der Waals surface area contributed by atoms with Crippen LogP contribution in [0.2, 0.25) is 0 Å². The molecule has 0 unspecified atom stereocenters. The molecule has 1 aromatic rings. The van der Waals surface area contributed by atoms with E-state index in [0.717, 1.165) is 12.1 Å². The van der Waals surface area contributed by atoms with Crippen LogP contribution in [0.4, 0.5) is 17.1 Å². The van der Waals surface area contributed by atoms with Gasteiger partial charge < -0.3 is 0 Å². The first-order valence-corrected chi connectivity index (χ1v) is 3.78. The predicted molar refractivity (Wildman–Crippen MR) is 49.3 cm³/mol. The summed E-state index contributed by atoms with van der Waals surface area (Å²) in [4.78, 5) is 19.5. The lowest BCUT2D eigenvalue weighted by Gasteiger charge is -1.99. The van der Waals surface area contributed by atoms with Gasteiger partial charge in [-0.2, -0.15) is 5.11 Å². The van der Waals surface area contributed by atoms with Gasteiger partial charge in [-0.05, 0) is 12.5 Å². The number of aryl methyl sites for hydroxylation is 1. The van der Waals surface area contributed by atoms with Crippen LogP contribution in [-0.2, 0) is 0 Å². The molecule has 0 aromatic heterocycles. The third-order valence-electron chi connectivity index (χ3n) is 1.78. The van der Waals surface area contributed by atoms with Gasteiger partial charge in [0.15, 0.2) is 5.69 Å². The van der Waals surface area contributed by atoms with Gasteiger partial charge in [0.25, 0.3) is 5.69 Å². The van der Waals surface area contributed by atoms with Crippen molar-refractivity contribution in [3.05, 3.63) is 37.9 Å². The molecule has 0 amide bonds. The van der Waals surface area contributed by atoms with Crippen LogP contribution in [0, 0.1) is 32.7 Å². The molecule has 1 aromatic carbocycles. The van der Waals surface area contributed by atoms with E-state index in [0.29, 0.717) is 0 Å². The Hall–Kier alpha value is -2.38. The predicted octanol–water partition coefficient (Wildman–Crippen LogP) is 2.47. The van der Waals surface area contributed by atoms with E-state index in [4.69, 9.17) is 5.53 Å². The van der Waals surface area contributed by atoms with Gasteiger partial charge >= 0.3 is 5.69 Å². The number of nitrogens with one attached hydrogen (secondary N) is 1. The van der Waals surface area contributed by atoms with Gasteiger partial charge in [-0.1, -0.05) is 0 Å². The summed E-state index contributed by atoms with van der Waals surface area (Å²) < 4.78 is 0. The maximum atomic E-state index is 10.5. The fourth-order valence-corrected chi connectivity index (χ4v) is 1.13. The lowest BCUT2D eigenvalue weighted by molar-refractivity contribution is -0.393. The van der Waals surface area contributed by atoms with Crippen molar-refractivity contribution in [1.29, 1.82) is 5.53 Å². The van der Waals surface area contributed by atoms with E-state index in [1.807, 2.05) is 0 Å². The Balaban J connectivity index is 3.52.